The molecule has 21 heavy (non-hydrogen) atoms. The maximum absolute atomic E-state index is 4.29. The van der Waals surface area contributed by atoms with E-state index in [-0.39, 0.29) is 0 Å². The van der Waals surface area contributed by atoms with Crippen LogP contribution < -0.4 is 15.5 Å². The molecular formula is C15H20BrN5. The number of benzene rings is 1. The zero-order valence-electron chi connectivity index (χ0n) is 12.5. The Hall–Kier alpha value is -1.82. The van der Waals surface area contributed by atoms with Crippen LogP contribution in [0.15, 0.2) is 35.1 Å². The molecular weight excluding hydrogens is 330 g/mol. The first-order valence-corrected chi connectivity index (χ1v) is 7.70. The molecule has 1 heterocycles. The molecule has 0 aliphatic carbocycles. The van der Waals surface area contributed by atoms with E-state index in [1.807, 2.05) is 26.2 Å². The molecule has 0 atom stereocenters. The molecule has 112 valence electrons. The maximum atomic E-state index is 4.29. The Kier molecular flexibility index (Phi) is 5.38. The van der Waals surface area contributed by atoms with Crippen molar-refractivity contribution in [2.24, 2.45) is 0 Å². The second kappa shape index (κ2) is 7.26. The monoisotopic (exact) mass is 349 g/mol. The third-order valence-electron chi connectivity index (χ3n) is 2.96. The molecule has 0 unspecified atom stereocenters. The van der Waals surface area contributed by atoms with Crippen molar-refractivity contribution in [1.82, 2.24) is 9.97 Å². The average molecular weight is 350 g/mol. The number of rotatable bonds is 6. The molecule has 0 saturated heterocycles. The van der Waals surface area contributed by atoms with Gasteiger partial charge in [-0.1, -0.05) is 13.0 Å². The number of nitrogens with zero attached hydrogens (tertiary/aromatic N) is 3. The van der Waals surface area contributed by atoms with Crippen LogP contribution in [0.1, 0.15) is 13.3 Å². The quantitative estimate of drug-likeness (QED) is 0.828. The lowest BCUT2D eigenvalue weighted by Crippen LogP contribution is -2.09. The molecule has 2 aromatic rings. The van der Waals surface area contributed by atoms with Crippen molar-refractivity contribution in [2.75, 3.05) is 36.2 Å². The third kappa shape index (κ3) is 4.07. The lowest BCUT2D eigenvalue weighted by atomic mass is 10.2. The number of halogens is 1. The van der Waals surface area contributed by atoms with E-state index in [4.69, 9.17) is 0 Å². The molecule has 0 aliphatic heterocycles. The van der Waals surface area contributed by atoms with Crippen LogP contribution in [0.4, 0.5) is 23.0 Å². The van der Waals surface area contributed by atoms with E-state index in [0.717, 1.165) is 40.4 Å². The van der Waals surface area contributed by atoms with Crippen molar-refractivity contribution in [3.05, 3.63) is 35.1 Å². The molecule has 0 radical (unpaired) electrons. The predicted octanol–water partition coefficient (Wildman–Crippen LogP) is 3.87. The van der Waals surface area contributed by atoms with Crippen molar-refractivity contribution in [3.63, 3.8) is 0 Å². The minimum atomic E-state index is 0.750. The summed E-state index contributed by atoms with van der Waals surface area (Å²) in [5.41, 5.74) is 2.12. The van der Waals surface area contributed by atoms with Crippen LogP contribution in [0.2, 0.25) is 0 Å². The van der Waals surface area contributed by atoms with Gasteiger partial charge in [-0.15, -0.1) is 0 Å². The lowest BCUT2D eigenvalue weighted by Gasteiger charge is -2.15. The van der Waals surface area contributed by atoms with Crippen LogP contribution in [0, 0.1) is 0 Å². The van der Waals surface area contributed by atoms with Crippen LogP contribution >= 0.6 is 15.9 Å². The highest BCUT2D eigenvalue weighted by atomic mass is 79.9. The van der Waals surface area contributed by atoms with Gasteiger partial charge in [-0.2, -0.15) is 0 Å². The van der Waals surface area contributed by atoms with Gasteiger partial charge in [0.1, 0.15) is 22.4 Å². The van der Waals surface area contributed by atoms with Crippen molar-refractivity contribution >= 4 is 38.9 Å². The van der Waals surface area contributed by atoms with Gasteiger partial charge in [-0.3, -0.25) is 0 Å². The molecule has 1 aromatic carbocycles. The molecule has 0 aliphatic rings. The third-order valence-corrected chi connectivity index (χ3v) is 3.71. The number of hydrogen-bond donors (Lipinski definition) is 2. The number of anilines is 4. The summed E-state index contributed by atoms with van der Waals surface area (Å²) in [6.07, 6.45) is 2.60. The summed E-state index contributed by atoms with van der Waals surface area (Å²) in [6, 6.07) is 8.17. The molecule has 0 fully saturated rings. The lowest BCUT2D eigenvalue weighted by molar-refractivity contribution is 0.962. The molecule has 2 N–H and O–H groups in total. The van der Waals surface area contributed by atoms with Gasteiger partial charge in [-0.05, 0) is 40.5 Å². The van der Waals surface area contributed by atoms with Gasteiger partial charge in [0.05, 0.1) is 0 Å². The highest BCUT2D eigenvalue weighted by Crippen LogP contribution is 2.29. The van der Waals surface area contributed by atoms with Crippen molar-refractivity contribution in [1.29, 1.82) is 0 Å². The van der Waals surface area contributed by atoms with Crippen LogP contribution in [-0.2, 0) is 0 Å². The molecule has 0 spiro atoms. The zero-order valence-corrected chi connectivity index (χ0v) is 14.1. The smallest absolute Gasteiger partial charge is 0.150 e. The second-order valence-corrected chi connectivity index (χ2v) is 5.67. The van der Waals surface area contributed by atoms with Gasteiger partial charge < -0.3 is 15.5 Å². The fourth-order valence-electron chi connectivity index (χ4n) is 1.82. The Morgan fingerprint density at radius 2 is 1.95 bits per heavy atom. The number of nitrogens with one attached hydrogen (secondary N) is 2. The SMILES string of the molecule is CCCNc1ncnc(Nc2cccc(N(C)C)c2)c1Br. The molecule has 5 nitrogen and oxygen atoms in total. The summed E-state index contributed by atoms with van der Waals surface area (Å²) in [4.78, 5) is 10.6. The molecule has 1 aromatic heterocycles. The topological polar surface area (TPSA) is 53.1 Å². The fourth-order valence-corrected chi connectivity index (χ4v) is 2.27. The molecule has 0 bridgehead atoms. The van der Waals surface area contributed by atoms with E-state index in [2.05, 4.69) is 60.5 Å². The minimum absolute atomic E-state index is 0.750. The van der Waals surface area contributed by atoms with Crippen molar-refractivity contribution < 1.29 is 0 Å². The molecule has 0 amide bonds. The van der Waals surface area contributed by atoms with Gasteiger partial charge in [0, 0.05) is 32.0 Å². The van der Waals surface area contributed by atoms with E-state index in [0.29, 0.717) is 0 Å². The first-order valence-electron chi connectivity index (χ1n) is 6.90. The minimum Gasteiger partial charge on any atom is -0.378 e. The first kappa shape index (κ1) is 15.6. The first-order chi connectivity index (χ1) is 10.1. The Morgan fingerprint density at radius 3 is 2.67 bits per heavy atom. The maximum Gasteiger partial charge on any atom is 0.150 e. The summed E-state index contributed by atoms with van der Waals surface area (Å²) in [5, 5.41) is 6.59. The van der Waals surface area contributed by atoms with Gasteiger partial charge in [0.15, 0.2) is 0 Å². The molecule has 6 heteroatoms. The van der Waals surface area contributed by atoms with E-state index in [1.165, 1.54) is 0 Å². The van der Waals surface area contributed by atoms with Crippen LogP contribution in [0.25, 0.3) is 0 Å². The predicted molar refractivity (Wildman–Crippen MR) is 92.6 cm³/mol. The number of hydrogen-bond acceptors (Lipinski definition) is 5. The molecule has 2 rings (SSSR count). The van der Waals surface area contributed by atoms with E-state index in [1.54, 1.807) is 6.33 Å². The fraction of sp³-hybridized carbons (Fsp3) is 0.333. The second-order valence-electron chi connectivity index (χ2n) is 4.88. The summed E-state index contributed by atoms with van der Waals surface area (Å²) in [6.45, 7) is 3.00. The van der Waals surface area contributed by atoms with Gasteiger partial charge in [0.2, 0.25) is 0 Å². The summed E-state index contributed by atoms with van der Waals surface area (Å²) in [5.74, 6) is 1.55. The number of aromatic nitrogens is 2. The average Bonchev–Trinajstić information content (AvgIpc) is 2.48. The zero-order chi connectivity index (χ0) is 15.2. The van der Waals surface area contributed by atoms with Crippen LogP contribution in [0.5, 0.6) is 0 Å². The van der Waals surface area contributed by atoms with E-state index < -0.39 is 0 Å². The Bertz CT molecular complexity index is 600. The summed E-state index contributed by atoms with van der Waals surface area (Å²) < 4.78 is 0.841. The van der Waals surface area contributed by atoms with Gasteiger partial charge in [0.25, 0.3) is 0 Å². The van der Waals surface area contributed by atoms with Crippen molar-refractivity contribution in [2.45, 2.75) is 13.3 Å². The van der Waals surface area contributed by atoms with Gasteiger partial charge in [-0.25, -0.2) is 9.97 Å². The van der Waals surface area contributed by atoms with Crippen LogP contribution in [-0.4, -0.2) is 30.6 Å². The normalized spacial score (nSPS) is 10.3. The summed E-state index contributed by atoms with van der Waals surface area (Å²) in [7, 11) is 4.04. The Balaban J connectivity index is 2.21. The highest BCUT2D eigenvalue weighted by molar-refractivity contribution is 9.10. The summed E-state index contributed by atoms with van der Waals surface area (Å²) >= 11 is 3.56. The standard InChI is InChI=1S/C15H20BrN5/c1-4-8-17-14-13(16)15(19-10-18-14)20-11-6-5-7-12(9-11)21(2)3/h5-7,9-10H,4,8H2,1-3H3,(H2,17,18,19,20). The van der Waals surface area contributed by atoms with E-state index in [9.17, 15) is 0 Å². The highest BCUT2D eigenvalue weighted by Gasteiger charge is 2.08. The Morgan fingerprint density at radius 1 is 1.19 bits per heavy atom. The largest absolute Gasteiger partial charge is 0.378 e. The van der Waals surface area contributed by atoms with Crippen molar-refractivity contribution in [3.8, 4) is 0 Å². The van der Waals surface area contributed by atoms with Gasteiger partial charge >= 0.3 is 0 Å². The Labute approximate surface area is 133 Å². The van der Waals surface area contributed by atoms with Crippen LogP contribution in [0.3, 0.4) is 0 Å². The molecule has 0 saturated carbocycles. The van der Waals surface area contributed by atoms with E-state index >= 15 is 0 Å².